The summed E-state index contributed by atoms with van der Waals surface area (Å²) >= 11 is 0. The molecule has 0 bridgehead atoms. The smallest absolute Gasteiger partial charge is 0.336 e. The monoisotopic (exact) mass is 402 g/mol. The van der Waals surface area contributed by atoms with E-state index < -0.39 is 17.3 Å². The first kappa shape index (κ1) is 21.4. The van der Waals surface area contributed by atoms with Crippen LogP contribution in [0.5, 0.6) is 5.75 Å². The van der Waals surface area contributed by atoms with E-state index in [1.165, 1.54) is 6.07 Å². The average molecular weight is 403 g/mol. The molecule has 1 aromatic carbocycles. The molecule has 0 fully saturated rings. The molecule has 1 aliphatic heterocycles. The normalized spacial score (nSPS) is 20.3. The lowest BCUT2D eigenvalue weighted by Gasteiger charge is -2.42. The highest BCUT2D eigenvalue weighted by Gasteiger charge is 2.50. The standard InChI is InChI=1S/C23H31NO5/c1-6-7-12-24-20-19-16(10-8-15-9-11-17(25)27-21(15)19)29-23(4,5)22(20)28-18(26)13-14(2)3/h8-11,14,20,22,24H,6-7,12-13H2,1-5H3/p+1. The van der Waals surface area contributed by atoms with Crippen LogP contribution >= 0.6 is 0 Å². The van der Waals surface area contributed by atoms with Gasteiger partial charge in [-0.3, -0.25) is 4.79 Å². The Morgan fingerprint density at radius 1 is 1.24 bits per heavy atom. The first-order valence-electron chi connectivity index (χ1n) is 10.5. The van der Waals surface area contributed by atoms with Gasteiger partial charge in [-0.1, -0.05) is 27.2 Å². The van der Waals surface area contributed by atoms with Gasteiger partial charge in [0.05, 0.1) is 12.1 Å². The Labute approximate surface area is 171 Å². The van der Waals surface area contributed by atoms with Crippen molar-refractivity contribution in [3.05, 3.63) is 40.2 Å². The topological polar surface area (TPSA) is 82.3 Å². The summed E-state index contributed by atoms with van der Waals surface area (Å²) in [5.41, 5.74) is 0.179. The second kappa shape index (κ2) is 8.57. The van der Waals surface area contributed by atoms with E-state index in [1.54, 1.807) is 6.07 Å². The van der Waals surface area contributed by atoms with E-state index >= 15 is 0 Å². The Balaban J connectivity index is 2.10. The quantitative estimate of drug-likeness (QED) is 0.436. The van der Waals surface area contributed by atoms with E-state index in [-0.39, 0.29) is 17.9 Å². The zero-order valence-corrected chi connectivity index (χ0v) is 18.0. The molecule has 0 saturated heterocycles. The van der Waals surface area contributed by atoms with Crippen LogP contribution < -0.4 is 15.7 Å². The number of fused-ring (bicyclic) bond motifs is 3. The van der Waals surface area contributed by atoms with Crippen molar-refractivity contribution in [3.63, 3.8) is 0 Å². The van der Waals surface area contributed by atoms with Gasteiger partial charge in [0.15, 0.2) is 17.7 Å². The minimum Gasteiger partial charge on any atom is -0.483 e. The Bertz CT molecular complexity index is 931. The fourth-order valence-electron chi connectivity index (χ4n) is 3.95. The molecule has 2 heterocycles. The molecule has 0 aliphatic carbocycles. The lowest BCUT2D eigenvalue weighted by molar-refractivity contribution is -0.706. The van der Waals surface area contributed by atoms with E-state index in [2.05, 4.69) is 12.2 Å². The Kier molecular flexibility index (Phi) is 6.32. The van der Waals surface area contributed by atoms with Gasteiger partial charge in [0.25, 0.3) is 0 Å². The number of unbranched alkanes of at least 4 members (excludes halogenated alkanes) is 1. The Hall–Kier alpha value is -2.34. The molecule has 0 amide bonds. The van der Waals surface area contributed by atoms with Crippen molar-refractivity contribution in [1.82, 2.24) is 0 Å². The number of carbonyl (C=O) groups excluding carboxylic acids is 1. The Morgan fingerprint density at radius 2 is 1.97 bits per heavy atom. The largest absolute Gasteiger partial charge is 0.483 e. The summed E-state index contributed by atoms with van der Waals surface area (Å²) in [4.78, 5) is 24.5. The average Bonchev–Trinajstić information content (AvgIpc) is 2.62. The molecule has 0 saturated carbocycles. The van der Waals surface area contributed by atoms with Gasteiger partial charge in [-0.15, -0.1) is 0 Å². The van der Waals surface area contributed by atoms with Crippen LogP contribution in [0.15, 0.2) is 33.5 Å². The van der Waals surface area contributed by atoms with E-state index in [0.29, 0.717) is 17.8 Å². The number of hydrogen-bond donors (Lipinski definition) is 1. The molecule has 2 atom stereocenters. The number of rotatable bonds is 7. The predicted molar refractivity (Wildman–Crippen MR) is 111 cm³/mol. The zero-order chi connectivity index (χ0) is 21.2. The molecule has 2 N–H and O–H groups in total. The molecule has 0 spiro atoms. The minimum absolute atomic E-state index is 0.212. The summed E-state index contributed by atoms with van der Waals surface area (Å²) in [5.74, 6) is 0.648. The summed E-state index contributed by atoms with van der Waals surface area (Å²) in [6.07, 6.45) is 1.95. The zero-order valence-electron chi connectivity index (χ0n) is 18.0. The van der Waals surface area contributed by atoms with Gasteiger partial charge in [-0.05, 0) is 44.4 Å². The van der Waals surface area contributed by atoms with Crippen LogP contribution in [0.1, 0.15) is 65.5 Å². The maximum atomic E-state index is 12.5. The number of benzene rings is 1. The summed E-state index contributed by atoms with van der Waals surface area (Å²) in [7, 11) is 0. The van der Waals surface area contributed by atoms with Crippen molar-refractivity contribution >= 4 is 16.9 Å². The van der Waals surface area contributed by atoms with Crippen LogP contribution in [0.25, 0.3) is 11.0 Å². The second-order valence-electron chi connectivity index (χ2n) is 8.77. The van der Waals surface area contributed by atoms with Gasteiger partial charge in [-0.2, -0.15) is 0 Å². The second-order valence-corrected chi connectivity index (χ2v) is 8.77. The van der Waals surface area contributed by atoms with E-state index in [9.17, 15) is 9.59 Å². The van der Waals surface area contributed by atoms with Crippen LogP contribution in [0.2, 0.25) is 0 Å². The molecular weight excluding hydrogens is 370 g/mol. The maximum absolute atomic E-state index is 12.5. The van der Waals surface area contributed by atoms with Gasteiger partial charge in [-0.25, -0.2) is 4.79 Å². The lowest BCUT2D eigenvalue weighted by atomic mass is 9.85. The lowest BCUT2D eigenvalue weighted by Crippen LogP contribution is -2.89. The SMILES string of the molecule is CCCC[NH2+]C1c2c(ccc3ccc(=O)oc23)OC(C)(C)C1OC(=O)CC(C)C. The van der Waals surface area contributed by atoms with Crippen molar-refractivity contribution in [3.8, 4) is 5.75 Å². The van der Waals surface area contributed by atoms with Gasteiger partial charge >= 0.3 is 11.6 Å². The molecule has 6 heteroatoms. The van der Waals surface area contributed by atoms with Crippen LogP contribution in [-0.4, -0.2) is 24.2 Å². The number of quaternary nitrogens is 1. The predicted octanol–water partition coefficient (Wildman–Crippen LogP) is 3.33. The van der Waals surface area contributed by atoms with Crippen molar-refractivity contribution < 1.29 is 24.0 Å². The van der Waals surface area contributed by atoms with Gasteiger partial charge in [0.2, 0.25) is 0 Å². The molecule has 29 heavy (non-hydrogen) atoms. The van der Waals surface area contributed by atoms with Gasteiger partial charge in [0, 0.05) is 17.9 Å². The number of hydrogen-bond acceptors (Lipinski definition) is 5. The summed E-state index contributed by atoms with van der Waals surface area (Å²) in [6.45, 7) is 10.9. The molecule has 158 valence electrons. The third-order valence-corrected chi connectivity index (χ3v) is 5.32. The van der Waals surface area contributed by atoms with E-state index in [0.717, 1.165) is 30.3 Å². The van der Waals surface area contributed by atoms with Gasteiger partial charge < -0.3 is 19.2 Å². The van der Waals surface area contributed by atoms with Crippen LogP contribution in [0.4, 0.5) is 0 Å². The fraction of sp³-hybridized carbons (Fsp3) is 0.565. The molecule has 6 nitrogen and oxygen atoms in total. The highest BCUT2D eigenvalue weighted by molar-refractivity contribution is 5.83. The molecule has 2 unspecified atom stereocenters. The maximum Gasteiger partial charge on any atom is 0.336 e. The molecule has 0 radical (unpaired) electrons. The number of ether oxygens (including phenoxy) is 2. The molecule has 1 aliphatic rings. The summed E-state index contributed by atoms with van der Waals surface area (Å²) < 4.78 is 17.8. The van der Waals surface area contributed by atoms with Crippen molar-refractivity contribution in [2.24, 2.45) is 5.92 Å². The third kappa shape index (κ3) is 4.64. The first-order valence-corrected chi connectivity index (χ1v) is 10.5. The summed E-state index contributed by atoms with van der Waals surface area (Å²) in [5, 5.41) is 3.01. The number of esters is 1. The molecule has 1 aromatic heterocycles. The third-order valence-electron chi connectivity index (χ3n) is 5.32. The van der Waals surface area contributed by atoms with Crippen molar-refractivity contribution in [2.75, 3.05) is 6.54 Å². The van der Waals surface area contributed by atoms with E-state index in [1.807, 2.05) is 39.8 Å². The van der Waals surface area contributed by atoms with E-state index in [4.69, 9.17) is 13.9 Å². The Morgan fingerprint density at radius 3 is 2.66 bits per heavy atom. The first-order chi connectivity index (χ1) is 13.7. The molecular formula is C23H32NO5+. The fourth-order valence-corrected chi connectivity index (χ4v) is 3.95. The number of carbonyl (C=O) groups is 1. The van der Waals surface area contributed by atoms with Crippen molar-refractivity contribution in [2.45, 2.75) is 71.6 Å². The highest BCUT2D eigenvalue weighted by Crippen LogP contribution is 2.43. The van der Waals surface area contributed by atoms with Crippen LogP contribution in [-0.2, 0) is 9.53 Å². The molecule has 3 rings (SSSR count). The van der Waals surface area contributed by atoms with Gasteiger partial charge in [0.1, 0.15) is 11.4 Å². The molecule has 2 aromatic rings. The van der Waals surface area contributed by atoms with Crippen molar-refractivity contribution in [1.29, 1.82) is 0 Å². The summed E-state index contributed by atoms with van der Waals surface area (Å²) in [6, 6.07) is 6.75. The number of nitrogens with two attached hydrogens (primary N) is 1. The minimum atomic E-state index is -0.713. The highest BCUT2D eigenvalue weighted by atomic mass is 16.6. The van der Waals surface area contributed by atoms with Crippen LogP contribution in [0, 0.1) is 5.92 Å². The van der Waals surface area contributed by atoms with Crippen LogP contribution in [0.3, 0.4) is 0 Å².